The van der Waals surface area contributed by atoms with E-state index in [9.17, 15) is 0 Å². The molecule has 0 aliphatic carbocycles. The van der Waals surface area contributed by atoms with E-state index >= 15 is 0 Å². The Morgan fingerprint density at radius 2 is 2.11 bits per heavy atom. The van der Waals surface area contributed by atoms with Crippen molar-refractivity contribution in [2.24, 2.45) is 0 Å². The summed E-state index contributed by atoms with van der Waals surface area (Å²) in [5, 5.41) is 5.29. The van der Waals surface area contributed by atoms with Crippen LogP contribution in [0.15, 0.2) is 28.7 Å². The fourth-order valence-corrected chi connectivity index (χ4v) is 2.63. The van der Waals surface area contributed by atoms with Gasteiger partial charge in [0.15, 0.2) is 5.58 Å². The van der Waals surface area contributed by atoms with Crippen molar-refractivity contribution >= 4 is 22.6 Å². The Morgan fingerprint density at radius 1 is 1.32 bits per heavy atom. The lowest BCUT2D eigenvalue weighted by Crippen LogP contribution is -2.27. The Labute approximate surface area is 120 Å². The highest BCUT2D eigenvalue weighted by Gasteiger charge is 2.15. The summed E-state index contributed by atoms with van der Waals surface area (Å²) in [5.41, 5.74) is 0.806. The molecular formula is C16H22ClNO. The normalized spacial score (nSPS) is 14.7. The van der Waals surface area contributed by atoms with Gasteiger partial charge in [-0.2, -0.15) is 0 Å². The van der Waals surface area contributed by atoms with Crippen LogP contribution in [0.1, 0.15) is 45.3 Å². The van der Waals surface area contributed by atoms with Crippen LogP contribution in [0.5, 0.6) is 0 Å². The smallest absolute Gasteiger partial charge is 0.152 e. The van der Waals surface area contributed by atoms with Gasteiger partial charge < -0.3 is 9.73 Å². The molecule has 0 amide bonds. The summed E-state index contributed by atoms with van der Waals surface area (Å²) in [7, 11) is 0. The summed E-state index contributed by atoms with van der Waals surface area (Å²) in [6.45, 7) is 7.68. The molecule has 1 heterocycles. The minimum Gasteiger partial charge on any atom is -0.459 e. The zero-order valence-corrected chi connectivity index (χ0v) is 12.6. The maximum atomic E-state index is 6.14. The molecule has 19 heavy (non-hydrogen) atoms. The van der Waals surface area contributed by atoms with Crippen LogP contribution in [-0.4, -0.2) is 12.6 Å². The first-order valence-electron chi connectivity index (χ1n) is 7.03. The van der Waals surface area contributed by atoms with Crippen molar-refractivity contribution in [3.63, 3.8) is 0 Å². The van der Waals surface area contributed by atoms with Gasteiger partial charge in [0.2, 0.25) is 0 Å². The van der Waals surface area contributed by atoms with Gasteiger partial charge in [-0.25, -0.2) is 0 Å². The minimum absolute atomic E-state index is 0.392. The Morgan fingerprint density at radius 3 is 2.79 bits per heavy atom. The molecule has 2 nitrogen and oxygen atoms in total. The van der Waals surface area contributed by atoms with Crippen LogP contribution in [0, 0.1) is 0 Å². The van der Waals surface area contributed by atoms with Crippen LogP contribution in [0.25, 0.3) is 11.0 Å². The maximum absolute atomic E-state index is 6.14. The molecule has 0 radical (unpaired) electrons. The lowest BCUT2D eigenvalue weighted by atomic mass is 10.00. The van der Waals surface area contributed by atoms with Crippen LogP contribution in [0.3, 0.4) is 0 Å². The van der Waals surface area contributed by atoms with E-state index in [0.29, 0.717) is 17.0 Å². The van der Waals surface area contributed by atoms with Gasteiger partial charge in [-0.15, -0.1) is 0 Å². The van der Waals surface area contributed by atoms with E-state index in [4.69, 9.17) is 16.0 Å². The molecule has 3 heteroatoms. The molecular weight excluding hydrogens is 258 g/mol. The highest BCUT2D eigenvalue weighted by atomic mass is 35.5. The molecule has 0 saturated carbocycles. The summed E-state index contributed by atoms with van der Waals surface area (Å²) in [6.07, 6.45) is 2.23. The second-order valence-electron chi connectivity index (χ2n) is 5.30. The summed E-state index contributed by atoms with van der Waals surface area (Å²) >= 11 is 6.14. The number of benzene rings is 1. The Bertz CT molecular complexity index is 535. The summed E-state index contributed by atoms with van der Waals surface area (Å²) in [5.74, 6) is 1.41. The van der Waals surface area contributed by atoms with E-state index in [1.807, 2.05) is 18.2 Å². The molecule has 104 valence electrons. The Balaban J connectivity index is 2.09. The Hall–Kier alpha value is -0.990. The Kier molecular flexibility index (Phi) is 4.89. The SMILES string of the molecule is CCCNC(C)CC(C)c1cc2cccc(Cl)c2o1. The van der Waals surface area contributed by atoms with E-state index in [1.165, 1.54) is 6.42 Å². The molecule has 0 aliphatic heterocycles. The zero-order chi connectivity index (χ0) is 13.8. The number of furan rings is 1. The van der Waals surface area contributed by atoms with Crippen molar-refractivity contribution in [2.75, 3.05) is 6.54 Å². The molecule has 0 aliphatic rings. The number of halogens is 1. The zero-order valence-electron chi connectivity index (χ0n) is 11.9. The van der Waals surface area contributed by atoms with Gasteiger partial charge in [0, 0.05) is 17.3 Å². The highest BCUT2D eigenvalue weighted by Crippen LogP contribution is 2.31. The number of para-hydroxylation sites is 1. The molecule has 1 aromatic heterocycles. The van der Waals surface area contributed by atoms with Gasteiger partial charge in [0.05, 0.1) is 5.02 Å². The van der Waals surface area contributed by atoms with Crippen molar-refractivity contribution in [3.8, 4) is 0 Å². The third kappa shape index (κ3) is 3.52. The van der Waals surface area contributed by atoms with E-state index in [0.717, 1.165) is 29.7 Å². The highest BCUT2D eigenvalue weighted by molar-refractivity contribution is 6.34. The monoisotopic (exact) mass is 279 g/mol. The van der Waals surface area contributed by atoms with E-state index in [-0.39, 0.29) is 0 Å². The van der Waals surface area contributed by atoms with Crippen molar-refractivity contribution in [2.45, 2.75) is 45.6 Å². The molecule has 2 rings (SSSR count). The summed E-state index contributed by atoms with van der Waals surface area (Å²) in [4.78, 5) is 0. The molecule has 2 aromatic rings. The predicted molar refractivity (Wildman–Crippen MR) is 82.0 cm³/mol. The molecule has 0 bridgehead atoms. The first-order valence-corrected chi connectivity index (χ1v) is 7.41. The van der Waals surface area contributed by atoms with Gasteiger partial charge in [0.1, 0.15) is 5.76 Å². The van der Waals surface area contributed by atoms with E-state index in [1.54, 1.807) is 0 Å². The predicted octanol–water partition coefficient (Wildman–Crippen LogP) is 4.97. The van der Waals surface area contributed by atoms with Gasteiger partial charge in [-0.1, -0.05) is 37.6 Å². The standard InChI is InChI=1S/C16H22ClNO/c1-4-8-18-12(3)9-11(2)15-10-13-6-5-7-14(17)16(13)19-15/h5-7,10-12,18H,4,8-9H2,1-3H3. The van der Waals surface area contributed by atoms with Crippen LogP contribution < -0.4 is 5.32 Å². The number of nitrogens with one attached hydrogen (secondary N) is 1. The lowest BCUT2D eigenvalue weighted by Gasteiger charge is -2.16. The second-order valence-corrected chi connectivity index (χ2v) is 5.71. The van der Waals surface area contributed by atoms with Gasteiger partial charge in [-0.3, -0.25) is 0 Å². The topological polar surface area (TPSA) is 25.2 Å². The third-order valence-corrected chi connectivity index (χ3v) is 3.75. The lowest BCUT2D eigenvalue weighted by molar-refractivity contribution is 0.429. The fraction of sp³-hybridized carbons (Fsp3) is 0.500. The number of rotatable bonds is 6. The van der Waals surface area contributed by atoms with Crippen molar-refractivity contribution in [3.05, 3.63) is 35.0 Å². The maximum Gasteiger partial charge on any atom is 0.152 e. The van der Waals surface area contributed by atoms with Gasteiger partial charge in [0.25, 0.3) is 0 Å². The average Bonchev–Trinajstić information content (AvgIpc) is 2.82. The quantitative estimate of drug-likeness (QED) is 0.808. The summed E-state index contributed by atoms with van der Waals surface area (Å²) in [6, 6.07) is 8.48. The number of hydrogen-bond acceptors (Lipinski definition) is 2. The van der Waals surface area contributed by atoms with E-state index < -0.39 is 0 Å². The molecule has 0 spiro atoms. The third-order valence-electron chi connectivity index (χ3n) is 3.45. The largest absolute Gasteiger partial charge is 0.459 e. The number of hydrogen-bond donors (Lipinski definition) is 1. The molecule has 1 aromatic carbocycles. The van der Waals surface area contributed by atoms with Gasteiger partial charge >= 0.3 is 0 Å². The first-order chi connectivity index (χ1) is 9.11. The van der Waals surface area contributed by atoms with Crippen molar-refractivity contribution < 1.29 is 4.42 Å². The molecule has 2 unspecified atom stereocenters. The first kappa shape index (κ1) is 14.4. The molecule has 0 fully saturated rings. The number of fused-ring (bicyclic) bond motifs is 1. The second kappa shape index (κ2) is 6.44. The van der Waals surface area contributed by atoms with Crippen LogP contribution in [0.2, 0.25) is 5.02 Å². The van der Waals surface area contributed by atoms with Crippen molar-refractivity contribution in [1.82, 2.24) is 5.32 Å². The molecule has 0 saturated heterocycles. The minimum atomic E-state index is 0.392. The van der Waals surface area contributed by atoms with Crippen LogP contribution in [0.4, 0.5) is 0 Å². The van der Waals surface area contributed by atoms with Crippen molar-refractivity contribution in [1.29, 1.82) is 0 Å². The molecule has 2 atom stereocenters. The average molecular weight is 280 g/mol. The van der Waals surface area contributed by atoms with Gasteiger partial charge in [-0.05, 0) is 38.4 Å². The summed E-state index contributed by atoms with van der Waals surface area (Å²) < 4.78 is 5.91. The fourth-order valence-electron chi connectivity index (χ4n) is 2.41. The van der Waals surface area contributed by atoms with Crippen LogP contribution >= 0.6 is 11.6 Å². The molecule has 1 N–H and O–H groups in total. The van der Waals surface area contributed by atoms with Crippen LogP contribution in [-0.2, 0) is 0 Å². The van der Waals surface area contributed by atoms with E-state index in [2.05, 4.69) is 32.2 Å².